The summed E-state index contributed by atoms with van der Waals surface area (Å²) >= 11 is 2.86. The van der Waals surface area contributed by atoms with E-state index in [-0.39, 0.29) is 11.8 Å². The lowest BCUT2D eigenvalue weighted by Gasteiger charge is -2.29. The largest absolute Gasteiger partial charge is 0.512 e. The van der Waals surface area contributed by atoms with E-state index in [2.05, 4.69) is 51.3 Å². The molecular formula is C35H37N5O5S2. The number of aromatic nitrogens is 2. The quantitative estimate of drug-likeness (QED) is 0.0996. The molecule has 0 spiro atoms. The first kappa shape index (κ1) is 32.4. The van der Waals surface area contributed by atoms with Gasteiger partial charge in [0, 0.05) is 18.7 Å². The van der Waals surface area contributed by atoms with Gasteiger partial charge in [-0.15, -0.1) is 0 Å². The Bertz CT molecular complexity index is 1820. The van der Waals surface area contributed by atoms with E-state index >= 15 is 0 Å². The van der Waals surface area contributed by atoms with Crippen molar-refractivity contribution in [3.63, 3.8) is 0 Å². The molecule has 1 aliphatic rings. The molecule has 12 heteroatoms. The minimum absolute atomic E-state index is 0.104. The Morgan fingerprint density at radius 1 is 0.979 bits per heavy atom. The molecule has 0 saturated heterocycles. The van der Waals surface area contributed by atoms with Crippen LogP contribution in [0.5, 0.6) is 11.6 Å². The minimum Gasteiger partial charge on any atom is -0.494 e. The number of para-hydroxylation sites is 1. The number of nitrogens with zero attached hydrogens (tertiary/aromatic N) is 4. The van der Waals surface area contributed by atoms with Crippen LogP contribution in [0.2, 0.25) is 0 Å². The van der Waals surface area contributed by atoms with Crippen LogP contribution in [0, 0.1) is 0 Å². The highest BCUT2D eigenvalue weighted by atomic mass is 32.1. The average molecular weight is 672 g/mol. The zero-order valence-electron chi connectivity index (χ0n) is 26.4. The number of ether oxygens (including phenoxy) is 2. The van der Waals surface area contributed by atoms with Crippen LogP contribution in [0.15, 0.2) is 66.7 Å². The van der Waals surface area contributed by atoms with Gasteiger partial charge < -0.3 is 24.4 Å². The number of benzene rings is 3. The fraction of sp³-hybridized carbons (Fsp3) is 0.314. The fourth-order valence-corrected chi connectivity index (χ4v) is 7.52. The highest BCUT2D eigenvalue weighted by molar-refractivity contribution is 7.22. The summed E-state index contributed by atoms with van der Waals surface area (Å²) in [4.78, 5) is 39.1. The van der Waals surface area contributed by atoms with Gasteiger partial charge in [0.1, 0.15) is 5.75 Å². The molecule has 0 saturated carbocycles. The van der Waals surface area contributed by atoms with Gasteiger partial charge in [-0.3, -0.25) is 10.1 Å². The summed E-state index contributed by atoms with van der Waals surface area (Å²) in [5, 5.41) is 13.6. The first-order valence-electron chi connectivity index (χ1n) is 15.6. The second-order valence-electron chi connectivity index (χ2n) is 11.7. The number of amides is 1. The molecule has 1 aliphatic heterocycles. The molecule has 3 heterocycles. The monoisotopic (exact) mass is 671 g/mol. The van der Waals surface area contributed by atoms with E-state index in [1.54, 1.807) is 0 Å². The Labute approximate surface area is 281 Å². The van der Waals surface area contributed by atoms with Crippen LogP contribution in [0.4, 0.5) is 15.1 Å². The molecule has 1 amide bonds. The Morgan fingerprint density at radius 2 is 1.81 bits per heavy atom. The Balaban J connectivity index is 1.09. The Kier molecular flexibility index (Phi) is 10.3. The number of anilines is 2. The van der Waals surface area contributed by atoms with E-state index in [4.69, 9.17) is 9.47 Å². The number of aryl methyl sites for hydroxylation is 2. The predicted molar refractivity (Wildman–Crippen MR) is 187 cm³/mol. The summed E-state index contributed by atoms with van der Waals surface area (Å²) in [5.74, 6) is 0.701. The van der Waals surface area contributed by atoms with Crippen LogP contribution in [0.25, 0.3) is 10.2 Å². The zero-order valence-corrected chi connectivity index (χ0v) is 28.0. The number of fused-ring (bicyclic) bond motifs is 2. The van der Waals surface area contributed by atoms with Crippen molar-refractivity contribution >= 4 is 55.2 Å². The lowest BCUT2D eigenvalue weighted by Crippen LogP contribution is -2.32. The third-order valence-electron chi connectivity index (χ3n) is 7.95. The van der Waals surface area contributed by atoms with Crippen molar-refractivity contribution in [2.24, 2.45) is 0 Å². The molecule has 0 aliphatic carbocycles. The van der Waals surface area contributed by atoms with Crippen LogP contribution in [0.3, 0.4) is 0 Å². The van der Waals surface area contributed by atoms with E-state index in [9.17, 15) is 14.7 Å². The zero-order chi connectivity index (χ0) is 32.8. The first-order chi connectivity index (χ1) is 22.8. The number of hydrogen-bond donors (Lipinski definition) is 2. The number of nitrogens with one attached hydrogen (secondary N) is 1. The number of rotatable bonds is 13. The molecule has 0 fully saturated rings. The van der Waals surface area contributed by atoms with E-state index in [1.165, 1.54) is 28.2 Å². The van der Waals surface area contributed by atoms with Gasteiger partial charge in [-0.2, -0.15) is 4.98 Å². The highest BCUT2D eigenvalue weighted by Gasteiger charge is 2.26. The molecule has 2 aromatic heterocycles. The van der Waals surface area contributed by atoms with Crippen LogP contribution >= 0.6 is 22.7 Å². The number of hydrogen-bond acceptors (Lipinski definition) is 10. The van der Waals surface area contributed by atoms with E-state index in [0.29, 0.717) is 48.4 Å². The van der Waals surface area contributed by atoms with Crippen LogP contribution in [-0.2, 0) is 25.8 Å². The molecule has 47 heavy (non-hydrogen) atoms. The average Bonchev–Trinajstić information content (AvgIpc) is 3.66. The van der Waals surface area contributed by atoms with Crippen molar-refractivity contribution in [1.82, 2.24) is 14.9 Å². The van der Waals surface area contributed by atoms with Crippen LogP contribution in [0.1, 0.15) is 44.8 Å². The SMILES string of the molecule is CN(C)CCCc1ccc(OCCCc2sc(N3CCc4cccc(C(=O)Nc5nc6ccccc6s5)c4C3)nc2OC(=O)O)cc1. The smallest absolute Gasteiger partial charge is 0.494 e. The van der Waals surface area contributed by atoms with Crippen molar-refractivity contribution in [2.45, 2.75) is 38.6 Å². The number of carbonyl (C=O) groups excluding carboxylic acids is 1. The van der Waals surface area contributed by atoms with E-state index < -0.39 is 6.16 Å². The molecule has 2 N–H and O–H groups in total. The van der Waals surface area contributed by atoms with Crippen LogP contribution < -0.4 is 19.7 Å². The lowest BCUT2D eigenvalue weighted by molar-refractivity contribution is 0.102. The second kappa shape index (κ2) is 14.9. The molecule has 0 atom stereocenters. The van der Waals surface area contributed by atoms with Gasteiger partial charge in [0.15, 0.2) is 10.3 Å². The van der Waals surface area contributed by atoms with Crippen LogP contribution in [-0.4, -0.2) is 65.8 Å². The minimum atomic E-state index is -1.40. The number of thiazole rings is 2. The Morgan fingerprint density at radius 3 is 2.60 bits per heavy atom. The van der Waals surface area contributed by atoms with Crippen molar-refractivity contribution in [3.05, 3.63) is 93.9 Å². The van der Waals surface area contributed by atoms with Gasteiger partial charge in [-0.25, -0.2) is 9.78 Å². The molecule has 0 radical (unpaired) electrons. The lowest BCUT2D eigenvalue weighted by atomic mass is 9.94. The number of carbonyl (C=O) groups is 2. The standard InChI is InChI=1S/C35H37N5O5S2/c1-39(2)19-6-8-23-14-16-25(17-15-23)44-21-7-13-30-32(45-35(42)43)38-34(47-30)40-20-18-24-9-5-10-26(27(24)22-40)31(41)37-33-36-28-11-3-4-12-29(28)46-33/h3-5,9-12,14-17H,6-8,13,18-22H2,1-2H3,(H,42,43)(H,36,37,41). The molecular weight excluding hydrogens is 635 g/mol. The topological polar surface area (TPSA) is 117 Å². The molecule has 6 rings (SSSR count). The van der Waals surface area contributed by atoms with E-state index in [1.807, 2.05) is 54.6 Å². The molecule has 3 aromatic carbocycles. The van der Waals surface area contributed by atoms with Gasteiger partial charge in [-0.05, 0) is 99.8 Å². The Hall–Kier alpha value is -4.52. The summed E-state index contributed by atoms with van der Waals surface area (Å²) in [7, 11) is 4.16. The number of carboxylic acid groups (broad SMARTS) is 1. The summed E-state index contributed by atoms with van der Waals surface area (Å²) < 4.78 is 12.1. The first-order valence-corrected chi connectivity index (χ1v) is 17.3. The van der Waals surface area contributed by atoms with Crippen molar-refractivity contribution in [2.75, 3.05) is 44.0 Å². The summed E-state index contributed by atoms with van der Waals surface area (Å²) in [5.41, 5.74) is 4.75. The predicted octanol–water partition coefficient (Wildman–Crippen LogP) is 7.13. The fourth-order valence-electron chi connectivity index (χ4n) is 5.60. The van der Waals surface area contributed by atoms with E-state index in [0.717, 1.165) is 57.8 Å². The summed E-state index contributed by atoms with van der Waals surface area (Å²) in [6.07, 6.45) is 2.69. The molecule has 0 unspecified atom stereocenters. The molecule has 0 bridgehead atoms. The molecule has 10 nitrogen and oxygen atoms in total. The van der Waals surface area contributed by atoms with Crippen molar-refractivity contribution in [3.8, 4) is 11.6 Å². The normalized spacial score (nSPS) is 12.7. The van der Waals surface area contributed by atoms with Crippen molar-refractivity contribution in [1.29, 1.82) is 0 Å². The summed E-state index contributed by atoms with van der Waals surface area (Å²) in [6.45, 7) is 2.68. The molecule has 244 valence electrons. The second-order valence-corrected chi connectivity index (χ2v) is 13.7. The maximum absolute atomic E-state index is 13.4. The maximum atomic E-state index is 13.4. The summed E-state index contributed by atoms with van der Waals surface area (Å²) in [6, 6.07) is 21.8. The van der Waals surface area contributed by atoms with Gasteiger partial charge in [0.2, 0.25) is 5.88 Å². The van der Waals surface area contributed by atoms with Gasteiger partial charge >= 0.3 is 6.16 Å². The van der Waals surface area contributed by atoms with Crippen molar-refractivity contribution < 1.29 is 24.2 Å². The molecule has 5 aromatic rings. The maximum Gasteiger partial charge on any atom is 0.512 e. The van der Waals surface area contributed by atoms with Gasteiger partial charge in [0.05, 0.1) is 21.7 Å². The third kappa shape index (κ3) is 8.26. The van der Waals surface area contributed by atoms with Gasteiger partial charge in [-0.1, -0.05) is 59.1 Å². The third-order valence-corrected chi connectivity index (χ3v) is 10.1. The van der Waals surface area contributed by atoms with Gasteiger partial charge in [0.25, 0.3) is 5.91 Å². The highest BCUT2D eigenvalue weighted by Crippen LogP contribution is 2.36.